The number of alkyl carbamates (subject to hydrolysis) is 1. The lowest BCUT2D eigenvalue weighted by atomic mass is 9.98. The summed E-state index contributed by atoms with van der Waals surface area (Å²) in [6.45, 7) is 0.490. The van der Waals surface area contributed by atoms with Gasteiger partial charge in [-0.05, 0) is 35.1 Å². The Kier molecular flexibility index (Phi) is 6.21. The van der Waals surface area contributed by atoms with E-state index in [4.69, 9.17) is 15.2 Å². The fourth-order valence-corrected chi connectivity index (χ4v) is 3.78. The van der Waals surface area contributed by atoms with E-state index < -0.39 is 18.1 Å². The van der Waals surface area contributed by atoms with Crippen LogP contribution in [0.5, 0.6) is 0 Å². The molecule has 1 aliphatic carbocycles. The van der Waals surface area contributed by atoms with Gasteiger partial charge in [-0.3, -0.25) is 4.79 Å². The predicted octanol–water partition coefficient (Wildman–Crippen LogP) is 2.98. The molecule has 28 heavy (non-hydrogen) atoms. The standard InChI is InChI=1S/C21H22N2O4.ClH/c22-19-10-9-13(27-20(19)24)11-23-21(25)26-12-18-16-7-3-1-5-14(16)15-6-2-4-8-17(15)18;/h1-8,13,18-19H,9-12,22H2,(H,23,25);1H/t13-,19+;/m1./s1. The molecule has 1 amide bonds. The first-order chi connectivity index (χ1) is 13.1. The van der Waals surface area contributed by atoms with Crippen LogP contribution in [0.15, 0.2) is 48.5 Å². The van der Waals surface area contributed by atoms with Crippen LogP contribution in [0.3, 0.4) is 0 Å². The van der Waals surface area contributed by atoms with Gasteiger partial charge in [-0.1, -0.05) is 48.5 Å². The maximum Gasteiger partial charge on any atom is 0.407 e. The summed E-state index contributed by atoms with van der Waals surface area (Å²) in [5, 5.41) is 2.68. The molecular weight excluding hydrogens is 380 g/mol. The zero-order valence-corrected chi connectivity index (χ0v) is 16.1. The number of amides is 1. The number of nitrogens with one attached hydrogen (secondary N) is 1. The second-order valence-corrected chi connectivity index (χ2v) is 6.95. The van der Waals surface area contributed by atoms with Crippen LogP contribution in [0.25, 0.3) is 11.1 Å². The molecule has 6 nitrogen and oxygen atoms in total. The summed E-state index contributed by atoms with van der Waals surface area (Å²) in [6.07, 6.45) is 0.340. The minimum absolute atomic E-state index is 0. The summed E-state index contributed by atoms with van der Waals surface area (Å²) in [4.78, 5) is 23.6. The molecule has 0 unspecified atom stereocenters. The van der Waals surface area contributed by atoms with E-state index in [0.717, 1.165) is 0 Å². The Bertz CT molecular complexity index is 827. The van der Waals surface area contributed by atoms with E-state index in [2.05, 4.69) is 29.6 Å². The molecule has 148 valence electrons. The fraction of sp³-hybridized carbons (Fsp3) is 0.333. The maximum absolute atomic E-state index is 12.1. The summed E-state index contributed by atoms with van der Waals surface area (Å²) in [6, 6.07) is 15.8. The van der Waals surface area contributed by atoms with Gasteiger partial charge in [0.2, 0.25) is 0 Å². The van der Waals surface area contributed by atoms with Crippen molar-refractivity contribution in [2.45, 2.75) is 30.9 Å². The second-order valence-electron chi connectivity index (χ2n) is 6.95. The first-order valence-corrected chi connectivity index (χ1v) is 9.18. The molecule has 3 N–H and O–H groups in total. The third kappa shape index (κ3) is 3.98. The van der Waals surface area contributed by atoms with Crippen LogP contribution in [0.2, 0.25) is 0 Å². The van der Waals surface area contributed by atoms with E-state index in [1.807, 2.05) is 24.3 Å². The zero-order valence-electron chi connectivity index (χ0n) is 15.3. The van der Waals surface area contributed by atoms with Crippen LogP contribution in [0.4, 0.5) is 4.79 Å². The van der Waals surface area contributed by atoms with Crippen molar-refractivity contribution in [2.24, 2.45) is 5.73 Å². The highest BCUT2D eigenvalue weighted by molar-refractivity contribution is 5.85. The van der Waals surface area contributed by atoms with Crippen molar-refractivity contribution in [2.75, 3.05) is 13.2 Å². The first kappa shape index (κ1) is 20.2. The van der Waals surface area contributed by atoms with Crippen molar-refractivity contribution in [3.05, 3.63) is 59.7 Å². The lowest BCUT2D eigenvalue weighted by molar-refractivity contribution is -0.155. The number of nitrogens with two attached hydrogens (primary N) is 1. The minimum atomic E-state index is -0.560. The Balaban J connectivity index is 0.00000225. The normalized spacial score (nSPS) is 20.4. The molecule has 0 bridgehead atoms. The lowest BCUT2D eigenvalue weighted by Gasteiger charge is -2.26. The molecule has 2 atom stereocenters. The smallest absolute Gasteiger partial charge is 0.407 e. The van der Waals surface area contributed by atoms with Gasteiger partial charge in [0, 0.05) is 5.92 Å². The summed E-state index contributed by atoms with van der Waals surface area (Å²) in [5.74, 6) is -0.394. The molecule has 2 aliphatic rings. The number of esters is 1. The van der Waals surface area contributed by atoms with E-state index in [-0.39, 0.29) is 37.6 Å². The SMILES string of the molecule is Cl.N[C@H]1CC[C@H](CNC(=O)OCC2c3ccccc3-c3ccccc32)OC1=O. The van der Waals surface area contributed by atoms with Crippen LogP contribution in [0.1, 0.15) is 29.9 Å². The highest BCUT2D eigenvalue weighted by Gasteiger charge is 2.30. The molecule has 7 heteroatoms. The Morgan fingerprint density at radius 2 is 1.68 bits per heavy atom. The van der Waals surface area contributed by atoms with Crippen molar-refractivity contribution in [3.63, 3.8) is 0 Å². The van der Waals surface area contributed by atoms with E-state index in [1.165, 1.54) is 22.3 Å². The molecular formula is C21H23ClN2O4. The van der Waals surface area contributed by atoms with Gasteiger partial charge in [-0.2, -0.15) is 0 Å². The average molecular weight is 403 g/mol. The van der Waals surface area contributed by atoms with Crippen molar-refractivity contribution in [3.8, 4) is 11.1 Å². The first-order valence-electron chi connectivity index (χ1n) is 9.18. The van der Waals surface area contributed by atoms with Gasteiger partial charge < -0.3 is 20.5 Å². The van der Waals surface area contributed by atoms with E-state index >= 15 is 0 Å². The average Bonchev–Trinajstić information content (AvgIpc) is 3.01. The van der Waals surface area contributed by atoms with Crippen LogP contribution in [0, 0.1) is 0 Å². The van der Waals surface area contributed by atoms with E-state index in [1.54, 1.807) is 0 Å². The molecule has 4 rings (SSSR count). The number of rotatable bonds is 4. The molecule has 1 aliphatic heterocycles. The zero-order chi connectivity index (χ0) is 18.8. The third-order valence-electron chi connectivity index (χ3n) is 5.20. The van der Waals surface area contributed by atoms with Gasteiger partial charge in [0.15, 0.2) is 0 Å². The van der Waals surface area contributed by atoms with Gasteiger partial charge in [0.05, 0.1) is 6.54 Å². The number of carbonyl (C=O) groups is 2. The highest BCUT2D eigenvalue weighted by atomic mass is 35.5. The molecule has 2 aromatic rings. The Hall–Kier alpha value is -2.57. The number of halogens is 1. The van der Waals surface area contributed by atoms with Crippen LogP contribution >= 0.6 is 12.4 Å². The second kappa shape index (κ2) is 8.63. The summed E-state index contributed by atoms with van der Waals surface area (Å²) < 4.78 is 10.6. The van der Waals surface area contributed by atoms with E-state index in [0.29, 0.717) is 12.8 Å². The van der Waals surface area contributed by atoms with Gasteiger partial charge in [-0.25, -0.2) is 4.79 Å². The van der Waals surface area contributed by atoms with Gasteiger partial charge in [0.25, 0.3) is 0 Å². The van der Waals surface area contributed by atoms with Crippen LogP contribution in [-0.2, 0) is 14.3 Å². The number of hydrogen-bond donors (Lipinski definition) is 2. The summed E-state index contributed by atoms with van der Waals surface area (Å²) in [7, 11) is 0. The highest BCUT2D eigenvalue weighted by Crippen LogP contribution is 2.44. The van der Waals surface area contributed by atoms with Crippen molar-refractivity contribution in [1.29, 1.82) is 0 Å². The Morgan fingerprint density at radius 3 is 2.29 bits per heavy atom. The Morgan fingerprint density at radius 1 is 1.07 bits per heavy atom. The quantitative estimate of drug-likeness (QED) is 0.767. The number of fused-ring (bicyclic) bond motifs is 3. The number of cyclic esters (lactones) is 1. The largest absolute Gasteiger partial charge is 0.459 e. The molecule has 0 saturated carbocycles. The number of benzene rings is 2. The van der Waals surface area contributed by atoms with Crippen molar-refractivity contribution >= 4 is 24.5 Å². The number of hydrogen-bond acceptors (Lipinski definition) is 5. The van der Waals surface area contributed by atoms with Crippen LogP contribution < -0.4 is 11.1 Å². The van der Waals surface area contributed by atoms with Crippen LogP contribution in [-0.4, -0.2) is 37.4 Å². The fourth-order valence-electron chi connectivity index (χ4n) is 3.78. The van der Waals surface area contributed by atoms with Gasteiger partial charge >= 0.3 is 12.1 Å². The van der Waals surface area contributed by atoms with E-state index in [9.17, 15) is 9.59 Å². The number of ether oxygens (including phenoxy) is 2. The Labute approximate surface area is 169 Å². The monoisotopic (exact) mass is 402 g/mol. The van der Waals surface area contributed by atoms with Gasteiger partial charge in [0.1, 0.15) is 18.8 Å². The lowest BCUT2D eigenvalue weighted by Crippen LogP contribution is -2.44. The molecule has 2 aromatic carbocycles. The molecule has 1 heterocycles. The molecule has 1 saturated heterocycles. The minimum Gasteiger partial charge on any atom is -0.459 e. The topological polar surface area (TPSA) is 90.7 Å². The van der Waals surface area contributed by atoms with Gasteiger partial charge in [-0.15, -0.1) is 12.4 Å². The maximum atomic E-state index is 12.1. The summed E-state index contributed by atoms with van der Waals surface area (Å²) >= 11 is 0. The molecule has 1 fully saturated rings. The number of carbonyl (C=O) groups excluding carboxylic acids is 2. The van der Waals surface area contributed by atoms with Crippen molar-refractivity contribution < 1.29 is 19.1 Å². The molecule has 0 radical (unpaired) electrons. The predicted molar refractivity (Wildman–Crippen MR) is 107 cm³/mol. The third-order valence-corrected chi connectivity index (χ3v) is 5.20. The summed E-state index contributed by atoms with van der Waals surface area (Å²) in [5.41, 5.74) is 10.3. The molecule has 0 spiro atoms. The van der Waals surface area contributed by atoms with Crippen molar-refractivity contribution in [1.82, 2.24) is 5.32 Å². The molecule has 0 aromatic heterocycles.